The summed E-state index contributed by atoms with van der Waals surface area (Å²) >= 11 is 0. The van der Waals surface area contributed by atoms with Gasteiger partial charge in [0.25, 0.3) is 0 Å². The lowest BCUT2D eigenvalue weighted by molar-refractivity contribution is 0.102. The number of rotatable bonds is 4. The summed E-state index contributed by atoms with van der Waals surface area (Å²) in [5.41, 5.74) is 0.677. The van der Waals surface area contributed by atoms with Crippen LogP contribution in [0.3, 0.4) is 0 Å². The largest absolute Gasteiger partial charge is 0.493 e. The highest BCUT2D eigenvalue weighted by Gasteiger charge is 2.21. The van der Waals surface area contributed by atoms with Crippen LogP contribution in [0.5, 0.6) is 5.75 Å². The first kappa shape index (κ1) is 11.3. The lowest BCUT2D eigenvalue weighted by Gasteiger charge is -2.05. The molecule has 0 saturated carbocycles. The zero-order chi connectivity index (χ0) is 12.3. The summed E-state index contributed by atoms with van der Waals surface area (Å²) in [4.78, 5) is 20.1. The number of carbonyl (C=O) groups is 1. The van der Waals surface area contributed by atoms with Crippen LogP contribution in [0, 0.1) is 0 Å². The second-order valence-corrected chi connectivity index (χ2v) is 3.30. The molecule has 88 valence electrons. The summed E-state index contributed by atoms with van der Waals surface area (Å²) < 4.78 is 6.70. The van der Waals surface area contributed by atoms with Crippen molar-refractivity contribution in [3.63, 3.8) is 0 Å². The van der Waals surface area contributed by atoms with Gasteiger partial charge in [0.2, 0.25) is 5.78 Å². The van der Waals surface area contributed by atoms with Gasteiger partial charge in [-0.2, -0.15) is 5.10 Å². The number of nitrogens with zero attached hydrogens (tertiary/aromatic N) is 4. The molecule has 0 amide bonds. The maximum Gasteiger partial charge on any atom is 0.234 e. The average molecular weight is 232 g/mol. The smallest absolute Gasteiger partial charge is 0.234 e. The van der Waals surface area contributed by atoms with Gasteiger partial charge in [-0.15, -0.1) is 0 Å². The highest BCUT2D eigenvalue weighted by Crippen LogP contribution is 2.20. The molecule has 0 aliphatic carbocycles. The Balaban J connectivity index is 2.46. The molecule has 0 aromatic carbocycles. The fourth-order valence-corrected chi connectivity index (χ4v) is 1.52. The van der Waals surface area contributed by atoms with Gasteiger partial charge in [0.1, 0.15) is 5.69 Å². The summed E-state index contributed by atoms with van der Waals surface area (Å²) in [7, 11) is 1.50. The molecule has 0 N–H and O–H groups in total. The third-order valence-corrected chi connectivity index (χ3v) is 2.34. The zero-order valence-corrected chi connectivity index (χ0v) is 9.62. The lowest BCUT2D eigenvalue weighted by atomic mass is 10.2. The van der Waals surface area contributed by atoms with Crippen LogP contribution < -0.4 is 4.74 Å². The summed E-state index contributed by atoms with van der Waals surface area (Å²) in [5.74, 6) is 0.205. The zero-order valence-electron chi connectivity index (χ0n) is 9.62. The van der Waals surface area contributed by atoms with Crippen molar-refractivity contribution in [3.8, 4) is 5.75 Å². The topological polar surface area (TPSA) is 69.9 Å². The average Bonchev–Trinajstić information content (AvgIpc) is 2.81. The summed E-state index contributed by atoms with van der Waals surface area (Å²) in [6, 6.07) is 0. The molecule has 6 nitrogen and oxygen atoms in total. The molecular formula is C11H12N4O2. The van der Waals surface area contributed by atoms with Crippen molar-refractivity contribution >= 4 is 5.78 Å². The minimum Gasteiger partial charge on any atom is -0.493 e. The molecule has 0 spiro atoms. The first-order valence-electron chi connectivity index (χ1n) is 5.18. The second-order valence-electron chi connectivity index (χ2n) is 3.30. The van der Waals surface area contributed by atoms with Crippen molar-refractivity contribution in [2.75, 3.05) is 7.11 Å². The van der Waals surface area contributed by atoms with Crippen molar-refractivity contribution in [1.82, 2.24) is 19.7 Å². The molecule has 0 radical (unpaired) electrons. The van der Waals surface area contributed by atoms with Gasteiger partial charge in [-0.1, -0.05) is 0 Å². The number of ether oxygens (including phenoxy) is 1. The first-order valence-corrected chi connectivity index (χ1v) is 5.18. The fourth-order valence-electron chi connectivity index (χ4n) is 1.52. The van der Waals surface area contributed by atoms with E-state index in [1.165, 1.54) is 31.9 Å². The molecule has 0 atom stereocenters. The van der Waals surface area contributed by atoms with E-state index in [0.29, 0.717) is 18.0 Å². The van der Waals surface area contributed by atoms with Crippen LogP contribution in [-0.2, 0) is 6.54 Å². The fraction of sp³-hybridized carbons (Fsp3) is 0.273. The van der Waals surface area contributed by atoms with Crippen LogP contribution in [0.15, 0.2) is 24.8 Å². The molecule has 2 rings (SSSR count). The van der Waals surface area contributed by atoms with Gasteiger partial charge >= 0.3 is 0 Å². The molecule has 2 aromatic rings. The highest BCUT2D eigenvalue weighted by molar-refractivity contribution is 6.08. The van der Waals surface area contributed by atoms with Gasteiger partial charge in [-0.25, -0.2) is 4.98 Å². The van der Waals surface area contributed by atoms with Gasteiger partial charge in [-0.3, -0.25) is 14.5 Å². The SMILES string of the molecule is CCn1ncc(OC)c1C(=O)c1cnccn1. The highest BCUT2D eigenvalue weighted by atomic mass is 16.5. The Morgan fingerprint density at radius 1 is 1.41 bits per heavy atom. The van der Waals surface area contributed by atoms with E-state index in [4.69, 9.17) is 4.74 Å². The van der Waals surface area contributed by atoms with E-state index in [2.05, 4.69) is 15.1 Å². The van der Waals surface area contributed by atoms with Crippen molar-refractivity contribution in [2.45, 2.75) is 13.5 Å². The van der Waals surface area contributed by atoms with Gasteiger partial charge in [-0.05, 0) is 6.92 Å². The number of aromatic nitrogens is 4. The van der Waals surface area contributed by atoms with E-state index in [1.54, 1.807) is 4.68 Å². The Morgan fingerprint density at radius 3 is 2.82 bits per heavy atom. The van der Waals surface area contributed by atoms with Crippen molar-refractivity contribution < 1.29 is 9.53 Å². The predicted molar refractivity (Wildman–Crippen MR) is 59.9 cm³/mol. The molecule has 0 bridgehead atoms. The van der Waals surface area contributed by atoms with Crippen LogP contribution in [-0.4, -0.2) is 32.6 Å². The number of hydrogen-bond donors (Lipinski definition) is 0. The van der Waals surface area contributed by atoms with Crippen LogP contribution in [0.4, 0.5) is 0 Å². The minimum atomic E-state index is -0.241. The van der Waals surface area contributed by atoms with Crippen molar-refractivity contribution in [2.24, 2.45) is 0 Å². The Hall–Kier alpha value is -2.24. The molecule has 0 saturated heterocycles. The molecule has 0 fully saturated rings. The Labute approximate surface area is 98.3 Å². The quantitative estimate of drug-likeness (QED) is 0.733. The molecule has 0 unspecified atom stereocenters. The molecule has 0 aliphatic heterocycles. The van der Waals surface area contributed by atoms with E-state index < -0.39 is 0 Å². The Bertz CT molecular complexity index is 500. The van der Waals surface area contributed by atoms with Gasteiger partial charge < -0.3 is 4.74 Å². The van der Waals surface area contributed by atoms with Crippen LogP contribution in [0.2, 0.25) is 0 Å². The molecular weight excluding hydrogens is 220 g/mol. The van der Waals surface area contributed by atoms with Crippen molar-refractivity contribution in [1.29, 1.82) is 0 Å². The standard InChI is InChI=1S/C11H12N4O2/c1-3-15-10(9(17-2)7-14-15)11(16)8-6-12-4-5-13-8/h4-7H,3H2,1-2H3. The number of hydrogen-bond acceptors (Lipinski definition) is 5. The third kappa shape index (κ3) is 2.01. The van der Waals surface area contributed by atoms with Gasteiger partial charge in [0, 0.05) is 18.9 Å². The normalized spacial score (nSPS) is 10.2. The summed E-state index contributed by atoms with van der Waals surface area (Å²) in [6.07, 6.45) is 5.94. The van der Waals surface area contributed by atoms with Crippen molar-refractivity contribution in [3.05, 3.63) is 36.2 Å². The molecule has 2 heterocycles. The number of ketones is 1. The number of carbonyl (C=O) groups excluding carboxylic acids is 1. The summed E-state index contributed by atoms with van der Waals surface area (Å²) in [5, 5.41) is 4.07. The van der Waals surface area contributed by atoms with E-state index in [0.717, 1.165) is 0 Å². The lowest BCUT2D eigenvalue weighted by Crippen LogP contribution is -2.13. The number of methoxy groups -OCH3 is 1. The van der Waals surface area contributed by atoms with E-state index in [-0.39, 0.29) is 11.5 Å². The predicted octanol–water partition coefficient (Wildman–Crippen LogP) is 0.933. The maximum absolute atomic E-state index is 12.2. The first-order chi connectivity index (χ1) is 8.27. The van der Waals surface area contributed by atoms with Gasteiger partial charge in [0.15, 0.2) is 11.4 Å². The Morgan fingerprint density at radius 2 is 2.24 bits per heavy atom. The van der Waals surface area contributed by atoms with Crippen LogP contribution in [0.25, 0.3) is 0 Å². The van der Waals surface area contributed by atoms with Gasteiger partial charge in [0.05, 0.1) is 19.5 Å². The van der Waals surface area contributed by atoms with E-state index in [1.807, 2.05) is 6.92 Å². The Kier molecular flexibility index (Phi) is 3.13. The minimum absolute atomic E-state index is 0.241. The second kappa shape index (κ2) is 4.73. The maximum atomic E-state index is 12.2. The van der Waals surface area contributed by atoms with Crippen LogP contribution in [0.1, 0.15) is 23.1 Å². The van der Waals surface area contributed by atoms with Crippen LogP contribution >= 0.6 is 0 Å². The monoisotopic (exact) mass is 232 g/mol. The third-order valence-electron chi connectivity index (χ3n) is 2.34. The van der Waals surface area contributed by atoms with E-state index >= 15 is 0 Å². The molecule has 2 aromatic heterocycles. The molecule has 0 aliphatic rings. The molecule has 17 heavy (non-hydrogen) atoms. The number of aryl methyl sites for hydroxylation is 1. The molecule has 6 heteroatoms. The summed E-state index contributed by atoms with van der Waals surface area (Å²) in [6.45, 7) is 2.49. The van der Waals surface area contributed by atoms with E-state index in [9.17, 15) is 4.79 Å².